The van der Waals surface area contributed by atoms with E-state index < -0.39 is 0 Å². The van der Waals surface area contributed by atoms with E-state index in [-0.39, 0.29) is 0 Å². The number of nitrogens with one attached hydrogen (secondary N) is 1. The van der Waals surface area contributed by atoms with Gasteiger partial charge in [-0.1, -0.05) is 13.3 Å². The Labute approximate surface area is 91.3 Å². The lowest BCUT2D eigenvalue weighted by Crippen LogP contribution is -2.21. The molecule has 0 saturated heterocycles. The van der Waals surface area contributed by atoms with E-state index in [1.54, 1.807) is 6.33 Å². The largest absolute Gasteiger partial charge is 0.312 e. The van der Waals surface area contributed by atoms with Crippen LogP contribution < -0.4 is 5.32 Å². The Morgan fingerprint density at radius 2 is 2.13 bits per heavy atom. The van der Waals surface area contributed by atoms with Crippen molar-refractivity contribution in [1.29, 1.82) is 0 Å². The lowest BCUT2D eigenvalue weighted by atomic mass is 10.1. The van der Waals surface area contributed by atoms with Gasteiger partial charge in [-0.3, -0.25) is 0 Å². The van der Waals surface area contributed by atoms with Gasteiger partial charge in [-0.15, -0.1) is 0 Å². The molecule has 1 N–H and O–H groups in total. The molecule has 82 valence electrons. The molecule has 3 nitrogen and oxygen atoms in total. The van der Waals surface area contributed by atoms with Gasteiger partial charge >= 0.3 is 0 Å². The first-order chi connectivity index (χ1) is 7.34. The minimum Gasteiger partial charge on any atom is -0.312 e. The first-order valence-corrected chi connectivity index (χ1v) is 5.79. The van der Waals surface area contributed by atoms with E-state index in [0.717, 1.165) is 24.9 Å². The van der Waals surface area contributed by atoms with E-state index in [1.165, 1.54) is 24.8 Å². The summed E-state index contributed by atoms with van der Waals surface area (Å²) in [5.74, 6) is 1.81. The molecule has 2 unspecified atom stereocenters. The fraction of sp³-hybridized carbons (Fsp3) is 0.667. The summed E-state index contributed by atoms with van der Waals surface area (Å²) >= 11 is 0. The standard InChI is InChI=1S/C12H19N3/c1-10-2-3-11(4-10)5-13-6-12-7-14-9-15-8-12/h7-11,13H,2-6H2,1H3. The Hall–Kier alpha value is -0.960. The Morgan fingerprint density at radius 1 is 1.33 bits per heavy atom. The third-order valence-electron chi connectivity index (χ3n) is 3.18. The predicted octanol–water partition coefficient (Wildman–Crippen LogP) is 2.00. The number of nitrogens with zero attached hydrogens (tertiary/aromatic N) is 2. The molecular formula is C12H19N3. The Kier molecular flexibility index (Phi) is 3.67. The van der Waals surface area contributed by atoms with Crippen molar-refractivity contribution in [2.45, 2.75) is 32.7 Å². The second-order valence-electron chi connectivity index (χ2n) is 4.66. The summed E-state index contributed by atoms with van der Waals surface area (Å²) in [6.07, 6.45) is 9.50. The summed E-state index contributed by atoms with van der Waals surface area (Å²) in [5, 5.41) is 3.48. The van der Waals surface area contributed by atoms with Crippen molar-refractivity contribution in [3.05, 3.63) is 24.3 Å². The van der Waals surface area contributed by atoms with Crippen molar-refractivity contribution in [1.82, 2.24) is 15.3 Å². The SMILES string of the molecule is CC1CCC(CNCc2cncnc2)C1. The number of aromatic nitrogens is 2. The Morgan fingerprint density at radius 3 is 2.80 bits per heavy atom. The van der Waals surface area contributed by atoms with Gasteiger partial charge < -0.3 is 5.32 Å². The van der Waals surface area contributed by atoms with Gasteiger partial charge in [-0.25, -0.2) is 9.97 Å². The van der Waals surface area contributed by atoms with E-state index >= 15 is 0 Å². The summed E-state index contributed by atoms with van der Waals surface area (Å²) in [5.41, 5.74) is 1.17. The highest BCUT2D eigenvalue weighted by Crippen LogP contribution is 2.29. The van der Waals surface area contributed by atoms with Crippen molar-refractivity contribution in [3.8, 4) is 0 Å². The highest BCUT2D eigenvalue weighted by Gasteiger charge is 2.20. The molecule has 15 heavy (non-hydrogen) atoms. The maximum Gasteiger partial charge on any atom is 0.115 e. The van der Waals surface area contributed by atoms with E-state index in [2.05, 4.69) is 22.2 Å². The summed E-state index contributed by atoms with van der Waals surface area (Å²) in [6.45, 7) is 4.38. The van der Waals surface area contributed by atoms with Crippen LogP contribution in [-0.4, -0.2) is 16.5 Å². The van der Waals surface area contributed by atoms with Crippen LogP contribution in [0.1, 0.15) is 31.7 Å². The molecule has 0 aliphatic heterocycles. The molecule has 1 saturated carbocycles. The van der Waals surface area contributed by atoms with Gasteiger partial charge in [-0.05, 0) is 31.2 Å². The first-order valence-electron chi connectivity index (χ1n) is 5.79. The van der Waals surface area contributed by atoms with Crippen LogP contribution in [-0.2, 0) is 6.54 Å². The van der Waals surface area contributed by atoms with Crippen LogP contribution in [0.4, 0.5) is 0 Å². The number of hydrogen-bond acceptors (Lipinski definition) is 3. The van der Waals surface area contributed by atoms with Crippen molar-refractivity contribution < 1.29 is 0 Å². The minimum absolute atomic E-state index is 0.879. The number of rotatable bonds is 4. The highest BCUT2D eigenvalue weighted by molar-refractivity contribution is 5.01. The highest BCUT2D eigenvalue weighted by atomic mass is 14.9. The maximum atomic E-state index is 4.00. The normalized spacial score (nSPS) is 25.7. The zero-order valence-corrected chi connectivity index (χ0v) is 9.32. The van der Waals surface area contributed by atoms with Crippen LogP contribution in [0.25, 0.3) is 0 Å². The topological polar surface area (TPSA) is 37.8 Å². The summed E-state index contributed by atoms with van der Waals surface area (Å²) < 4.78 is 0. The third kappa shape index (κ3) is 3.27. The monoisotopic (exact) mass is 205 g/mol. The van der Waals surface area contributed by atoms with Gasteiger partial charge in [0.05, 0.1) is 0 Å². The lowest BCUT2D eigenvalue weighted by Gasteiger charge is -2.10. The van der Waals surface area contributed by atoms with E-state index in [4.69, 9.17) is 0 Å². The zero-order valence-electron chi connectivity index (χ0n) is 9.32. The van der Waals surface area contributed by atoms with Gasteiger partial charge in [0.25, 0.3) is 0 Å². The molecule has 1 aromatic heterocycles. The quantitative estimate of drug-likeness (QED) is 0.817. The molecule has 3 heteroatoms. The van der Waals surface area contributed by atoms with Crippen molar-refractivity contribution in [2.24, 2.45) is 11.8 Å². The second kappa shape index (κ2) is 5.21. The fourth-order valence-electron chi connectivity index (χ4n) is 2.35. The van der Waals surface area contributed by atoms with Crippen molar-refractivity contribution >= 4 is 0 Å². The molecule has 1 heterocycles. The molecule has 1 aliphatic carbocycles. The van der Waals surface area contributed by atoms with Crippen LogP contribution in [0.5, 0.6) is 0 Å². The molecule has 0 bridgehead atoms. The van der Waals surface area contributed by atoms with Crippen LogP contribution in [0.15, 0.2) is 18.7 Å². The van der Waals surface area contributed by atoms with E-state index in [9.17, 15) is 0 Å². The van der Waals surface area contributed by atoms with Gasteiger partial charge in [0, 0.05) is 24.5 Å². The molecule has 0 radical (unpaired) electrons. The average molecular weight is 205 g/mol. The Bertz CT molecular complexity index is 286. The third-order valence-corrected chi connectivity index (χ3v) is 3.18. The summed E-state index contributed by atoms with van der Waals surface area (Å²) in [7, 11) is 0. The smallest absolute Gasteiger partial charge is 0.115 e. The summed E-state index contributed by atoms with van der Waals surface area (Å²) in [4.78, 5) is 7.99. The fourth-order valence-corrected chi connectivity index (χ4v) is 2.35. The number of hydrogen-bond donors (Lipinski definition) is 1. The first kappa shape index (κ1) is 10.6. The molecule has 1 fully saturated rings. The van der Waals surface area contributed by atoms with Crippen molar-refractivity contribution in [2.75, 3.05) is 6.54 Å². The predicted molar refractivity (Wildman–Crippen MR) is 60.2 cm³/mol. The second-order valence-corrected chi connectivity index (χ2v) is 4.66. The van der Waals surface area contributed by atoms with E-state index in [0.29, 0.717) is 0 Å². The minimum atomic E-state index is 0.879. The molecule has 0 aromatic carbocycles. The summed E-state index contributed by atoms with van der Waals surface area (Å²) in [6, 6.07) is 0. The van der Waals surface area contributed by atoms with Crippen LogP contribution in [0, 0.1) is 11.8 Å². The van der Waals surface area contributed by atoms with Crippen LogP contribution >= 0.6 is 0 Å². The molecule has 1 aliphatic rings. The lowest BCUT2D eigenvalue weighted by molar-refractivity contribution is 0.470. The van der Waals surface area contributed by atoms with Gasteiger partial charge in [-0.2, -0.15) is 0 Å². The van der Waals surface area contributed by atoms with Gasteiger partial charge in [0.1, 0.15) is 6.33 Å². The van der Waals surface area contributed by atoms with Crippen LogP contribution in [0.3, 0.4) is 0 Å². The van der Waals surface area contributed by atoms with E-state index in [1.807, 2.05) is 12.4 Å². The Balaban J connectivity index is 1.67. The van der Waals surface area contributed by atoms with Crippen LogP contribution in [0.2, 0.25) is 0 Å². The van der Waals surface area contributed by atoms with Gasteiger partial charge in [0.2, 0.25) is 0 Å². The molecule has 0 spiro atoms. The molecule has 2 atom stereocenters. The van der Waals surface area contributed by atoms with Gasteiger partial charge in [0.15, 0.2) is 0 Å². The zero-order chi connectivity index (χ0) is 10.5. The molecule has 0 amide bonds. The average Bonchev–Trinajstić information content (AvgIpc) is 2.66. The molecule has 1 aromatic rings. The molecule has 2 rings (SSSR count). The van der Waals surface area contributed by atoms with Crippen molar-refractivity contribution in [3.63, 3.8) is 0 Å². The maximum absolute atomic E-state index is 4.00. The molecular weight excluding hydrogens is 186 g/mol.